The van der Waals surface area contributed by atoms with Crippen molar-refractivity contribution in [2.45, 2.75) is 64.5 Å². The minimum Gasteiger partial charge on any atom is -0.390 e. The van der Waals surface area contributed by atoms with Crippen LogP contribution in [0.5, 0.6) is 0 Å². The van der Waals surface area contributed by atoms with Gasteiger partial charge in [-0.2, -0.15) is 0 Å². The Labute approximate surface area is 161 Å². The maximum atomic E-state index is 11.7. The lowest BCUT2D eigenvalue weighted by molar-refractivity contribution is 0.0714. The summed E-state index contributed by atoms with van der Waals surface area (Å²) < 4.78 is 0. The number of nitrogens with one attached hydrogen (secondary N) is 1. The number of aliphatic hydroxyl groups is 1. The Balaban J connectivity index is 1.59. The third-order valence-corrected chi connectivity index (χ3v) is 5.26. The molecule has 0 spiro atoms. The zero-order valence-electron chi connectivity index (χ0n) is 16.7. The fraction of sp³-hybridized carbons (Fsp3) is 0.545. The molecule has 0 bridgehead atoms. The summed E-state index contributed by atoms with van der Waals surface area (Å²) in [5.74, 6) is 1.02. The molecule has 1 aromatic carbocycles. The van der Waals surface area contributed by atoms with E-state index in [0.29, 0.717) is 11.7 Å². The summed E-state index contributed by atoms with van der Waals surface area (Å²) in [6, 6.07) is 10.4. The molecule has 1 saturated heterocycles. The topological polar surface area (TPSA) is 69.2 Å². The largest absolute Gasteiger partial charge is 0.390 e. The average Bonchev–Trinajstić information content (AvgIpc) is 2.60. The Hall–Kier alpha value is -1.98. The van der Waals surface area contributed by atoms with E-state index in [1.807, 2.05) is 20.8 Å². The number of benzene rings is 1. The SMILES string of the molecule is Cc1nc([C@@H]2CCCN(Cc3ccc(CCC(C)(C)O)cc3)C2)cc(=O)[nH]1. The summed E-state index contributed by atoms with van der Waals surface area (Å²) in [5, 5.41) is 9.87. The van der Waals surface area contributed by atoms with Gasteiger partial charge >= 0.3 is 0 Å². The lowest BCUT2D eigenvalue weighted by Crippen LogP contribution is -2.34. The van der Waals surface area contributed by atoms with Crippen molar-refractivity contribution >= 4 is 0 Å². The quantitative estimate of drug-likeness (QED) is 0.821. The van der Waals surface area contributed by atoms with E-state index in [9.17, 15) is 9.90 Å². The highest BCUT2D eigenvalue weighted by Crippen LogP contribution is 2.26. The molecule has 1 aliphatic rings. The molecule has 3 rings (SSSR count). The van der Waals surface area contributed by atoms with Crippen LogP contribution < -0.4 is 5.56 Å². The van der Waals surface area contributed by atoms with Crippen LogP contribution in [0.4, 0.5) is 0 Å². The van der Waals surface area contributed by atoms with E-state index in [-0.39, 0.29) is 5.56 Å². The molecule has 0 aliphatic carbocycles. The second-order valence-electron chi connectivity index (χ2n) is 8.46. The maximum Gasteiger partial charge on any atom is 0.251 e. The van der Waals surface area contributed by atoms with Gasteiger partial charge in [0.1, 0.15) is 5.82 Å². The van der Waals surface area contributed by atoms with E-state index < -0.39 is 5.60 Å². The molecule has 27 heavy (non-hydrogen) atoms. The van der Waals surface area contributed by atoms with Crippen LogP contribution in [0.1, 0.15) is 61.7 Å². The highest BCUT2D eigenvalue weighted by Gasteiger charge is 2.23. The van der Waals surface area contributed by atoms with Crippen molar-refractivity contribution in [3.63, 3.8) is 0 Å². The van der Waals surface area contributed by atoms with Crippen LogP contribution in [-0.2, 0) is 13.0 Å². The number of piperidine rings is 1. The summed E-state index contributed by atoms with van der Waals surface area (Å²) >= 11 is 0. The van der Waals surface area contributed by atoms with Crippen molar-refractivity contribution < 1.29 is 5.11 Å². The minimum absolute atomic E-state index is 0.0590. The predicted molar refractivity (Wildman–Crippen MR) is 108 cm³/mol. The van der Waals surface area contributed by atoms with E-state index in [2.05, 4.69) is 39.1 Å². The van der Waals surface area contributed by atoms with Crippen LogP contribution in [0.15, 0.2) is 35.1 Å². The summed E-state index contributed by atoms with van der Waals surface area (Å²) in [4.78, 5) is 21.5. The second kappa shape index (κ2) is 8.36. The molecule has 0 saturated carbocycles. The number of H-pyrrole nitrogens is 1. The molecule has 5 nitrogen and oxygen atoms in total. The normalized spacial score (nSPS) is 18.6. The van der Waals surface area contributed by atoms with Gasteiger partial charge in [0, 0.05) is 25.1 Å². The number of nitrogens with zero attached hydrogens (tertiary/aromatic N) is 2. The number of likely N-dealkylation sites (tertiary alicyclic amines) is 1. The van der Waals surface area contributed by atoms with Gasteiger partial charge in [-0.05, 0) is 64.1 Å². The number of aromatic amines is 1. The molecular formula is C22H31N3O2. The lowest BCUT2D eigenvalue weighted by Gasteiger charge is -2.32. The van der Waals surface area contributed by atoms with Crippen molar-refractivity contribution in [3.05, 3.63) is 63.3 Å². The summed E-state index contributed by atoms with van der Waals surface area (Å²) in [6.07, 6.45) is 3.87. The fourth-order valence-electron chi connectivity index (χ4n) is 3.77. The smallest absolute Gasteiger partial charge is 0.251 e. The molecule has 5 heteroatoms. The predicted octanol–water partition coefficient (Wildman–Crippen LogP) is 3.16. The van der Waals surface area contributed by atoms with Crippen molar-refractivity contribution in [2.75, 3.05) is 13.1 Å². The Kier molecular flexibility index (Phi) is 6.12. The first-order valence-electron chi connectivity index (χ1n) is 9.89. The Morgan fingerprint density at radius 3 is 2.63 bits per heavy atom. The van der Waals surface area contributed by atoms with Gasteiger partial charge < -0.3 is 10.1 Å². The van der Waals surface area contributed by atoms with Crippen LogP contribution in [0, 0.1) is 6.92 Å². The van der Waals surface area contributed by atoms with Crippen LogP contribution in [0.3, 0.4) is 0 Å². The second-order valence-corrected chi connectivity index (χ2v) is 8.46. The van der Waals surface area contributed by atoms with Gasteiger partial charge in [-0.15, -0.1) is 0 Å². The van der Waals surface area contributed by atoms with Gasteiger partial charge in [0.2, 0.25) is 0 Å². The molecule has 2 N–H and O–H groups in total. The van der Waals surface area contributed by atoms with Crippen molar-refractivity contribution in [1.29, 1.82) is 0 Å². The third-order valence-electron chi connectivity index (χ3n) is 5.26. The van der Waals surface area contributed by atoms with E-state index in [0.717, 1.165) is 51.0 Å². The number of aromatic nitrogens is 2. The summed E-state index contributed by atoms with van der Waals surface area (Å²) in [6.45, 7) is 8.49. The Morgan fingerprint density at radius 2 is 1.96 bits per heavy atom. The van der Waals surface area contributed by atoms with E-state index >= 15 is 0 Å². The zero-order valence-corrected chi connectivity index (χ0v) is 16.7. The standard InChI is InChI=1S/C22H31N3O2/c1-16-23-20(13-21(26)24-16)19-5-4-12-25(15-19)14-18-8-6-17(7-9-18)10-11-22(2,3)27/h6-9,13,19,27H,4-5,10-12,14-15H2,1-3H3,(H,23,24,26)/t19-/m1/s1. The maximum absolute atomic E-state index is 11.7. The van der Waals surface area contributed by atoms with E-state index in [1.165, 1.54) is 11.1 Å². The van der Waals surface area contributed by atoms with E-state index in [4.69, 9.17) is 0 Å². The molecule has 0 unspecified atom stereocenters. The lowest BCUT2D eigenvalue weighted by atomic mass is 9.94. The van der Waals surface area contributed by atoms with Crippen LogP contribution >= 0.6 is 0 Å². The average molecular weight is 370 g/mol. The van der Waals surface area contributed by atoms with Crippen LogP contribution in [-0.4, -0.2) is 38.7 Å². The number of hydrogen-bond donors (Lipinski definition) is 2. The molecule has 2 heterocycles. The molecule has 1 aromatic heterocycles. The molecule has 1 aliphatic heterocycles. The Morgan fingerprint density at radius 1 is 1.26 bits per heavy atom. The minimum atomic E-state index is -0.618. The Bertz CT molecular complexity index is 806. The first kappa shape index (κ1) is 19.8. The van der Waals surface area contributed by atoms with Crippen molar-refractivity contribution in [3.8, 4) is 0 Å². The number of rotatable bonds is 6. The first-order chi connectivity index (χ1) is 12.8. The molecule has 2 aromatic rings. The molecule has 0 amide bonds. The summed E-state index contributed by atoms with van der Waals surface area (Å²) in [7, 11) is 0. The van der Waals surface area contributed by atoms with Gasteiger partial charge in [-0.3, -0.25) is 9.69 Å². The van der Waals surface area contributed by atoms with E-state index in [1.54, 1.807) is 6.07 Å². The van der Waals surface area contributed by atoms with Crippen LogP contribution in [0.25, 0.3) is 0 Å². The van der Waals surface area contributed by atoms with Gasteiger partial charge in [-0.1, -0.05) is 24.3 Å². The molecule has 1 fully saturated rings. The molecular weight excluding hydrogens is 338 g/mol. The number of hydrogen-bond acceptors (Lipinski definition) is 4. The highest BCUT2D eigenvalue weighted by atomic mass is 16.3. The number of aryl methyl sites for hydroxylation is 2. The fourth-order valence-corrected chi connectivity index (χ4v) is 3.77. The van der Waals surface area contributed by atoms with Crippen molar-refractivity contribution in [1.82, 2.24) is 14.9 Å². The van der Waals surface area contributed by atoms with Gasteiger partial charge in [0.25, 0.3) is 5.56 Å². The summed E-state index contributed by atoms with van der Waals surface area (Å²) in [5.41, 5.74) is 2.81. The first-order valence-corrected chi connectivity index (χ1v) is 9.89. The monoisotopic (exact) mass is 369 g/mol. The van der Waals surface area contributed by atoms with Crippen LogP contribution in [0.2, 0.25) is 0 Å². The molecule has 0 radical (unpaired) electrons. The van der Waals surface area contributed by atoms with Gasteiger partial charge in [-0.25, -0.2) is 4.98 Å². The van der Waals surface area contributed by atoms with Gasteiger partial charge in [0.05, 0.1) is 11.3 Å². The zero-order chi connectivity index (χ0) is 19.4. The highest BCUT2D eigenvalue weighted by molar-refractivity contribution is 5.23. The van der Waals surface area contributed by atoms with Gasteiger partial charge in [0.15, 0.2) is 0 Å². The third kappa shape index (κ3) is 6.01. The molecule has 1 atom stereocenters. The molecule has 146 valence electrons. The van der Waals surface area contributed by atoms with Crippen molar-refractivity contribution in [2.24, 2.45) is 0 Å².